The number of nitrogens with zero attached hydrogens (tertiary/aromatic N) is 1. The Morgan fingerprint density at radius 1 is 1.04 bits per heavy atom. The fourth-order valence-corrected chi connectivity index (χ4v) is 2.69. The van der Waals surface area contributed by atoms with E-state index in [2.05, 4.69) is 10.3 Å². The van der Waals surface area contributed by atoms with E-state index < -0.39 is 0 Å². The van der Waals surface area contributed by atoms with Crippen molar-refractivity contribution in [2.45, 2.75) is 18.8 Å². The Morgan fingerprint density at radius 2 is 1.88 bits per heavy atom. The summed E-state index contributed by atoms with van der Waals surface area (Å²) >= 11 is 0. The van der Waals surface area contributed by atoms with Crippen molar-refractivity contribution in [3.05, 3.63) is 90.1 Å². The number of pyridine rings is 1. The van der Waals surface area contributed by atoms with Crippen LogP contribution >= 0.6 is 0 Å². The predicted octanol–water partition coefficient (Wildman–Crippen LogP) is 3.56. The monoisotopic (exact) mass is 320 g/mol. The minimum absolute atomic E-state index is 0.0104. The molecule has 2 heterocycles. The molecule has 0 saturated carbocycles. The van der Waals surface area contributed by atoms with Crippen molar-refractivity contribution in [3.63, 3.8) is 0 Å². The van der Waals surface area contributed by atoms with Gasteiger partial charge in [0.25, 0.3) is 0 Å². The van der Waals surface area contributed by atoms with E-state index in [9.17, 15) is 4.79 Å². The number of hydrogen-bond acceptors (Lipinski definition) is 3. The second-order valence-corrected chi connectivity index (χ2v) is 5.60. The van der Waals surface area contributed by atoms with E-state index in [-0.39, 0.29) is 11.8 Å². The number of hydrogen-bond donors (Lipinski definition) is 1. The summed E-state index contributed by atoms with van der Waals surface area (Å²) < 4.78 is 5.53. The third-order valence-corrected chi connectivity index (χ3v) is 3.91. The van der Waals surface area contributed by atoms with Gasteiger partial charge in [-0.2, -0.15) is 0 Å². The second kappa shape index (κ2) is 8.11. The quantitative estimate of drug-likeness (QED) is 0.724. The first-order valence-electron chi connectivity index (χ1n) is 8.08. The number of rotatable bonds is 7. The molecule has 0 bridgehead atoms. The minimum Gasteiger partial charge on any atom is -0.469 e. The summed E-state index contributed by atoms with van der Waals surface area (Å²) in [6, 6.07) is 19.5. The Hall–Kier alpha value is -2.88. The van der Waals surface area contributed by atoms with Crippen molar-refractivity contribution < 1.29 is 9.21 Å². The van der Waals surface area contributed by atoms with Gasteiger partial charge in [-0.05, 0) is 29.8 Å². The van der Waals surface area contributed by atoms with Gasteiger partial charge >= 0.3 is 0 Å². The molecule has 3 aromatic rings. The lowest BCUT2D eigenvalue weighted by Crippen LogP contribution is -2.27. The van der Waals surface area contributed by atoms with Crippen molar-refractivity contribution >= 4 is 5.91 Å². The first-order valence-corrected chi connectivity index (χ1v) is 8.08. The highest BCUT2D eigenvalue weighted by Gasteiger charge is 2.20. The number of nitrogens with one attached hydrogen (secondary N) is 1. The van der Waals surface area contributed by atoms with Crippen molar-refractivity contribution in [2.75, 3.05) is 6.54 Å². The fraction of sp³-hybridized carbons (Fsp3) is 0.200. The fourth-order valence-electron chi connectivity index (χ4n) is 2.69. The molecule has 1 aromatic carbocycles. The summed E-state index contributed by atoms with van der Waals surface area (Å²) in [7, 11) is 0. The summed E-state index contributed by atoms with van der Waals surface area (Å²) in [5, 5.41) is 2.97. The molecule has 1 amide bonds. The standard InChI is InChI=1S/C20H20N2O2/c23-20(22-13-11-17-9-4-5-12-21-17)15-18(19-10-6-14-24-19)16-7-2-1-3-8-16/h1-10,12,14,18H,11,13,15H2,(H,22,23). The molecule has 0 aliphatic rings. The van der Waals surface area contributed by atoms with Crippen LogP contribution in [-0.4, -0.2) is 17.4 Å². The molecule has 3 rings (SSSR count). The smallest absolute Gasteiger partial charge is 0.221 e. The van der Waals surface area contributed by atoms with Gasteiger partial charge in [0, 0.05) is 31.3 Å². The summed E-state index contributed by atoms with van der Waals surface area (Å²) in [5.41, 5.74) is 2.05. The Kier molecular flexibility index (Phi) is 5.40. The van der Waals surface area contributed by atoms with E-state index in [1.54, 1.807) is 12.5 Å². The van der Waals surface area contributed by atoms with Crippen LogP contribution < -0.4 is 5.32 Å². The molecule has 2 aromatic heterocycles. The van der Waals surface area contributed by atoms with E-state index in [0.717, 1.165) is 23.4 Å². The molecule has 0 fully saturated rings. The molecule has 122 valence electrons. The largest absolute Gasteiger partial charge is 0.469 e. The van der Waals surface area contributed by atoms with Crippen LogP contribution in [0.15, 0.2) is 77.5 Å². The maximum atomic E-state index is 12.3. The molecular formula is C20H20N2O2. The zero-order valence-electron chi connectivity index (χ0n) is 13.4. The van der Waals surface area contributed by atoms with Crippen LogP contribution in [0.25, 0.3) is 0 Å². The predicted molar refractivity (Wildman–Crippen MR) is 92.6 cm³/mol. The molecule has 4 nitrogen and oxygen atoms in total. The summed E-state index contributed by atoms with van der Waals surface area (Å²) in [4.78, 5) is 16.6. The van der Waals surface area contributed by atoms with Crippen molar-refractivity contribution in [1.82, 2.24) is 10.3 Å². The van der Waals surface area contributed by atoms with Gasteiger partial charge in [-0.1, -0.05) is 36.4 Å². The van der Waals surface area contributed by atoms with Crippen LogP contribution in [0.4, 0.5) is 0 Å². The van der Waals surface area contributed by atoms with Gasteiger partial charge in [0.1, 0.15) is 5.76 Å². The highest BCUT2D eigenvalue weighted by atomic mass is 16.3. The minimum atomic E-state index is -0.0731. The molecule has 0 aliphatic carbocycles. The molecule has 1 N–H and O–H groups in total. The number of amides is 1. The molecule has 0 saturated heterocycles. The zero-order valence-corrected chi connectivity index (χ0v) is 13.4. The molecule has 0 radical (unpaired) electrons. The average molecular weight is 320 g/mol. The Morgan fingerprint density at radius 3 is 2.58 bits per heavy atom. The molecule has 0 aliphatic heterocycles. The number of benzene rings is 1. The topological polar surface area (TPSA) is 55.1 Å². The number of carbonyl (C=O) groups excluding carboxylic acids is 1. The van der Waals surface area contributed by atoms with Gasteiger partial charge < -0.3 is 9.73 Å². The van der Waals surface area contributed by atoms with Crippen molar-refractivity contribution in [1.29, 1.82) is 0 Å². The van der Waals surface area contributed by atoms with Gasteiger partial charge in [0.2, 0.25) is 5.91 Å². The third kappa shape index (κ3) is 4.32. The third-order valence-electron chi connectivity index (χ3n) is 3.91. The lowest BCUT2D eigenvalue weighted by atomic mass is 9.93. The number of aromatic nitrogens is 1. The first kappa shape index (κ1) is 16.0. The summed E-state index contributed by atoms with van der Waals surface area (Å²) in [5.74, 6) is 0.744. The first-order chi connectivity index (χ1) is 11.8. The highest BCUT2D eigenvalue weighted by Crippen LogP contribution is 2.28. The molecule has 0 spiro atoms. The van der Waals surface area contributed by atoms with E-state index in [1.807, 2.05) is 60.7 Å². The van der Waals surface area contributed by atoms with E-state index in [1.165, 1.54) is 0 Å². The van der Waals surface area contributed by atoms with Crippen LogP contribution in [0.5, 0.6) is 0 Å². The SMILES string of the molecule is O=C(CC(c1ccccc1)c1ccco1)NCCc1ccccn1. The normalized spacial score (nSPS) is 11.8. The van der Waals surface area contributed by atoms with E-state index in [0.29, 0.717) is 13.0 Å². The van der Waals surface area contributed by atoms with Gasteiger partial charge in [-0.3, -0.25) is 9.78 Å². The second-order valence-electron chi connectivity index (χ2n) is 5.60. The molecule has 1 atom stereocenters. The van der Waals surface area contributed by atoms with Crippen LogP contribution in [0.1, 0.15) is 29.4 Å². The summed E-state index contributed by atoms with van der Waals surface area (Å²) in [6.07, 6.45) is 4.49. The van der Waals surface area contributed by atoms with Crippen LogP contribution in [0.3, 0.4) is 0 Å². The van der Waals surface area contributed by atoms with E-state index in [4.69, 9.17) is 4.42 Å². The Balaban J connectivity index is 1.59. The van der Waals surface area contributed by atoms with Crippen LogP contribution in [-0.2, 0) is 11.2 Å². The van der Waals surface area contributed by atoms with Crippen LogP contribution in [0, 0.1) is 0 Å². The lowest BCUT2D eigenvalue weighted by Gasteiger charge is -2.15. The highest BCUT2D eigenvalue weighted by molar-refractivity contribution is 5.77. The maximum absolute atomic E-state index is 12.3. The van der Waals surface area contributed by atoms with Gasteiger partial charge in [0.05, 0.1) is 12.2 Å². The Labute approximate surface area is 141 Å². The average Bonchev–Trinajstić information content (AvgIpc) is 3.16. The van der Waals surface area contributed by atoms with Crippen LogP contribution in [0.2, 0.25) is 0 Å². The number of carbonyl (C=O) groups is 1. The van der Waals surface area contributed by atoms with Gasteiger partial charge in [0.15, 0.2) is 0 Å². The maximum Gasteiger partial charge on any atom is 0.221 e. The Bertz CT molecular complexity index is 740. The van der Waals surface area contributed by atoms with Crippen molar-refractivity contribution in [3.8, 4) is 0 Å². The molecular weight excluding hydrogens is 300 g/mol. The number of furan rings is 1. The van der Waals surface area contributed by atoms with Gasteiger partial charge in [-0.25, -0.2) is 0 Å². The zero-order chi connectivity index (χ0) is 16.6. The van der Waals surface area contributed by atoms with Gasteiger partial charge in [-0.15, -0.1) is 0 Å². The molecule has 4 heteroatoms. The summed E-state index contributed by atoms with van der Waals surface area (Å²) in [6.45, 7) is 0.579. The molecule has 24 heavy (non-hydrogen) atoms. The van der Waals surface area contributed by atoms with E-state index >= 15 is 0 Å². The molecule has 1 unspecified atom stereocenters. The lowest BCUT2D eigenvalue weighted by molar-refractivity contribution is -0.121. The van der Waals surface area contributed by atoms with Crippen molar-refractivity contribution in [2.24, 2.45) is 0 Å².